The van der Waals surface area contributed by atoms with Gasteiger partial charge in [-0.1, -0.05) is 0 Å². The fourth-order valence-electron chi connectivity index (χ4n) is 3.32. The number of carbonyl (C=O) groups excluding carboxylic acids is 1. The number of anilines is 1. The first-order valence-electron chi connectivity index (χ1n) is 8.69. The van der Waals surface area contributed by atoms with Crippen LogP contribution in [0.15, 0.2) is 29.1 Å². The molecule has 2 N–H and O–H groups in total. The average Bonchev–Trinajstić information content (AvgIpc) is 3.01. The van der Waals surface area contributed by atoms with Crippen LogP contribution in [0.4, 0.5) is 5.69 Å². The highest BCUT2D eigenvalue weighted by atomic mass is 127. The summed E-state index contributed by atoms with van der Waals surface area (Å²) in [6.45, 7) is 0. The highest BCUT2D eigenvalue weighted by Crippen LogP contribution is 2.33. The van der Waals surface area contributed by atoms with Crippen molar-refractivity contribution in [2.45, 2.75) is 38.5 Å². The molecular weight excluding hydrogens is 461 g/mol. The van der Waals surface area contributed by atoms with Crippen molar-refractivity contribution in [3.8, 4) is 0 Å². The van der Waals surface area contributed by atoms with Crippen molar-refractivity contribution in [1.82, 2.24) is 9.97 Å². The number of nitrogens with one attached hydrogen (secondary N) is 2. The predicted octanol–water partition coefficient (Wildman–Crippen LogP) is 4.04. The minimum Gasteiger partial charge on any atom is -0.326 e. The van der Waals surface area contributed by atoms with Gasteiger partial charge in [0.1, 0.15) is 10.7 Å². The summed E-state index contributed by atoms with van der Waals surface area (Å²) in [5, 5.41) is 3.63. The van der Waals surface area contributed by atoms with E-state index >= 15 is 0 Å². The van der Waals surface area contributed by atoms with E-state index in [1.54, 1.807) is 11.3 Å². The van der Waals surface area contributed by atoms with Gasteiger partial charge in [-0.3, -0.25) is 9.59 Å². The number of hydrogen-bond acceptors (Lipinski definition) is 4. The SMILES string of the molecule is O=C(CCc1nc2sc3c(c2c(=O)[nH]1)CCCC3)Nc1ccc(I)cc1. The minimum atomic E-state index is -0.0839. The highest BCUT2D eigenvalue weighted by Gasteiger charge is 2.19. The summed E-state index contributed by atoms with van der Waals surface area (Å²) >= 11 is 3.86. The van der Waals surface area contributed by atoms with Crippen LogP contribution in [0, 0.1) is 3.57 Å². The number of hydrogen-bond donors (Lipinski definition) is 2. The second kappa shape index (κ2) is 7.48. The van der Waals surface area contributed by atoms with Crippen LogP contribution >= 0.6 is 33.9 Å². The van der Waals surface area contributed by atoms with Gasteiger partial charge in [-0.25, -0.2) is 4.98 Å². The first kappa shape index (κ1) is 17.7. The molecular formula is C19H18IN3O2S. The van der Waals surface area contributed by atoms with Gasteiger partial charge in [0.15, 0.2) is 0 Å². The van der Waals surface area contributed by atoms with Crippen LogP contribution in [-0.4, -0.2) is 15.9 Å². The Labute approximate surface area is 168 Å². The van der Waals surface area contributed by atoms with Gasteiger partial charge in [0, 0.05) is 27.0 Å². The number of carbonyl (C=O) groups is 1. The Kier molecular flexibility index (Phi) is 5.08. The smallest absolute Gasteiger partial charge is 0.259 e. The molecule has 3 aromatic rings. The molecule has 1 aromatic carbocycles. The molecule has 1 aliphatic carbocycles. The maximum atomic E-state index is 12.5. The number of fused-ring (bicyclic) bond motifs is 3. The number of benzene rings is 1. The number of aryl methyl sites for hydroxylation is 3. The molecule has 4 rings (SSSR count). The van der Waals surface area contributed by atoms with Crippen molar-refractivity contribution < 1.29 is 4.79 Å². The van der Waals surface area contributed by atoms with Crippen molar-refractivity contribution in [2.75, 3.05) is 5.32 Å². The lowest BCUT2D eigenvalue weighted by Gasteiger charge is -2.09. The zero-order chi connectivity index (χ0) is 18.1. The first-order chi connectivity index (χ1) is 12.6. The molecule has 1 aliphatic rings. The third-order valence-corrected chi connectivity index (χ3v) is 6.50. The van der Waals surface area contributed by atoms with Crippen molar-refractivity contribution in [3.05, 3.63) is 54.5 Å². The average molecular weight is 479 g/mol. The Balaban J connectivity index is 1.48. The number of aromatic amines is 1. The fraction of sp³-hybridized carbons (Fsp3) is 0.316. The maximum Gasteiger partial charge on any atom is 0.259 e. The third-order valence-electron chi connectivity index (χ3n) is 4.59. The maximum absolute atomic E-state index is 12.5. The van der Waals surface area contributed by atoms with Gasteiger partial charge in [-0.05, 0) is 78.1 Å². The zero-order valence-electron chi connectivity index (χ0n) is 14.1. The summed E-state index contributed by atoms with van der Waals surface area (Å²) in [5.41, 5.74) is 1.90. The van der Waals surface area contributed by atoms with Crippen LogP contribution in [0.25, 0.3) is 10.2 Å². The molecule has 5 nitrogen and oxygen atoms in total. The van der Waals surface area contributed by atoms with E-state index in [9.17, 15) is 9.59 Å². The van der Waals surface area contributed by atoms with Gasteiger partial charge in [-0.15, -0.1) is 11.3 Å². The quantitative estimate of drug-likeness (QED) is 0.555. The Bertz CT molecular complexity index is 1020. The largest absolute Gasteiger partial charge is 0.326 e. The van der Waals surface area contributed by atoms with E-state index in [2.05, 4.69) is 37.9 Å². The van der Waals surface area contributed by atoms with Crippen LogP contribution < -0.4 is 10.9 Å². The zero-order valence-corrected chi connectivity index (χ0v) is 17.1. The summed E-state index contributed by atoms with van der Waals surface area (Å²) in [4.78, 5) is 34.3. The number of aromatic nitrogens is 2. The molecule has 26 heavy (non-hydrogen) atoms. The monoisotopic (exact) mass is 479 g/mol. The van der Waals surface area contributed by atoms with Gasteiger partial charge in [0.2, 0.25) is 5.91 Å². The van der Waals surface area contributed by atoms with Crippen LogP contribution in [0.3, 0.4) is 0 Å². The molecule has 0 unspecified atom stereocenters. The number of rotatable bonds is 4. The topological polar surface area (TPSA) is 74.8 Å². The number of halogens is 1. The molecule has 0 spiro atoms. The highest BCUT2D eigenvalue weighted by molar-refractivity contribution is 14.1. The molecule has 0 fully saturated rings. The molecule has 0 radical (unpaired) electrons. The van der Waals surface area contributed by atoms with E-state index in [-0.39, 0.29) is 17.9 Å². The Hall–Kier alpha value is -1.74. The summed E-state index contributed by atoms with van der Waals surface area (Å²) in [6, 6.07) is 7.65. The molecule has 134 valence electrons. The van der Waals surface area contributed by atoms with Gasteiger partial charge in [0.05, 0.1) is 5.39 Å². The van der Waals surface area contributed by atoms with E-state index < -0.39 is 0 Å². The lowest BCUT2D eigenvalue weighted by Crippen LogP contribution is -2.16. The van der Waals surface area contributed by atoms with Crippen LogP contribution in [0.1, 0.15) is 35.5 Å². The second-order valence-corrected chi connectivity index (χ2v) is 8.79. The molecule has 0 aliphatic heterocycles. The molecule has 1 amide bonds. The number of thiophene rings is 1. The van der Waals surface area contributed by atoms with Crippen molar-refractivity contribution >= 4 is 55.7 Å². The van der Waals surface area contributed by atoms with Gasteiger partial charge in [-0.2, -0.15) is 0 Å². The molecule has 0 saturated carbocycles. The van der Waals surface area contributed by atoms with E-state index in [1.165, 1.54) is 16.9 Å². The lowest BCUT2D eigenvalue weighted by molar-refractivity contribution is -0.116. The van der Waals surface area contributed by atoms with Gasteiger partial charge in [0.25, 0.3) is 5.56 Å². The van der Waals surface area contributed by atoms with Crippen LogP contribution in [0.5, 0.6) is 0 Å². The molecule has 7 heteroatoms. The van der Waals surface area contributed by atoms with Crippen LogP contribution in [0.2, 0.25) is 0 Å². The van der Waals surface area contributed by atoms with Gasteiger partial charge >= 0.3 is 0 Å². The number of nitrogens with zero attached hydrogens (tertiary/aromatic N) is 1. The summed E-state index contributed by atoms with van der Waals surface area (Å²) in [6.07, 6.45) is 5.04. The summed E-state index contributed by atoms with van der Waals surface area (Å²) in [7, 11) is 0. The van der Waals surface area contributed by atoms with Gasteiger partial charge < -0.3 is 10.3 Å². The molecule has 0 atom stereocenters. The van der Waals surface area contributed by atoms with Crippen molar-refractivity contribution in [2.24, 2.45) is 0 Å². The fourth-order valence-corrected chi connectivity index (χ4v) is 4.96. The second-order valence-electron chi connectivity index (χ2n) is 6.46. The van der Waals surface area contributed by atoms with E-state index in [0.29, 0.717) is 12.2 Å². The summed E-state index contributed by atoms with van der Waals surface area (Å²) < 4.78 is 1.12. The van der Waals surface area contributed by atoms with E-state index in [1.807, 2.05) is 24.3 Å². The Morgan fingerprint density at radius 1 is 1.23 bits per heavy atom. The molecule has 0 saturated heterocycles. The third kappa shape index (κ3) is 3.68. The van der Waals surface area contributed by atoms with Crippen molar-refractivity contribution in [3.63, 3.8) is 0 Å². The normalized spacial score (nSPS) is 13.6. The molecule has 0 bridgehead atoms. The Morgan fingerprint density at radius 3 is 2.81 bits per heavy atom. The Morgan fingerprint density at radius 2 is 2.00 bits per heavy atom. The number of amides is 1. The van der Waals surface area contributed by atoms with E-state index in [4.69, 9.17) is 0 Å². The predicted molar refractivity (Wildman–Crippen MR) is 113 cm³/mol. The van der Waals surface area contributed by atoms with Crippen molar-refractivity contribution in [1.29, 1.82) is 0 Å². The first-order valence-corrected chi connectivity index (χ1v) is 10.6. The number of H-pyrrole nitrogens is 1. The van der Waals surface area contributed by atoms with E-state index in [0.717, 1.165) is 38.7 Å². The standard InChI is InChI=1S/C19H18IN3O2S/c20-11-5-7-12(8-6-11)21-16(24)10-9-15-22-18(25)17-13-3-1-2-4-14(13)26-19(17)23-15/h5-8H,1-4,9-10H2,(H,21,24)(H,22,23,25). The molecule has 2 heterocycles. The summed E-state index contributed by atoms with van der Waals surface area (Å²) in [5.74, 6) is 0.498. The minimum absolute atomic E-state index is 0.0672. The lowest BCUT2D eigenvalue weighted by atomic mass is 9.97. The molecule has 2 aromatic heterocycles. The van der Waals surface area contributed by atoms with Crippen LogP contribution in [-0.2, 0) is 24.1 Å².